The van der Waals surface area contributed by atoms with Gasteiger partial charge in [0.1, 0.15) is 0 Å². The van der Waals surface area contributed by atoms with Gasteiger partial charge in [0, 0.05) is 11.9 Å². The molecule has 0 radical (unpaired) electrons. The largest absolute Gasteiger partial charge is 0.339 e. The monoisotopic (exact) mass is 249 g/mol. The number of nitrogens with one attached hydrogen (secondary N) is 1. The third-order valence-electron chi connectivity index (χ3n) is 2.07. The van der Waals surface area contributed by atoms with Crippen LogP contribution in [-0.2, 0) is 9.84 Å². The van der Waals surface area contributed by atoms with Crippen LogP contribution in [0.1, 0.15) is 0 Å². The molecule has 1 heterocycles. The van der Waals surface area contributed by atoms with Crippen molar-refractivity contribution in [2.24, 2.45) is 0 Å². The highest BCUT2D eigenvalue weighted by atomic mass is 32.2. The van der Waals surface area contributed by atoms with Crippen LogP contribution in [0.2, 0.25) is 0 Å². The molecule has 0 saturated carbocycles. The van der Waals surface area contributed by atoms with Gasteiger partial charge in [-0.3, -0.25) is 0 Å². The number of benzene rings is 1. The fourth-order valence-corrected chi connectivity index (χ4v) is 1.76. The molecule has 0 unspecified atom stereocenters. The smallest absolute Gasteiger partial charge is 0.194 e. The van der Waals surface area contributed by atoms with Gasteiger partial charge in [0.25, 0.3) is 0 Å². The summed E-state index contributed by atoms with van der Waals surface area (Å²) in [6, 6.07) is 12.5. The van der Waals surface area contributed by atoms with Crippen molar-refractivity contribution in [3.63, 3.8) is 0 Å². The molecule has 0 amide bonds. The summed E-state index contributed by atoms with van der Waals surface area (Å²) in [5.74, 6) is 0.503. The van der Waals surface area contributed by atoms with E-state index < -0.39 is 9.84 Å². The Labute approximate surface area is 99.4 Å². The Hall–Kier alpha value is -1.95. The molecule has 0 atom stereocenters. The first-order valence-electron chi connectivity index (χ1n) is 4.91. The maximum atomic E-state index is 11.2. The molecule has 88 valence electrons. The standard InChI is InChI=1S/C11H11N3O2S/c1-17(15,16)11-8-7-10(13-14-11)12-9-5-3-2-4-6-9/h2-8H,1H3,(H,12,13). The molecule has 1 N–H and O–H groups in total. The van der Waals surface area contributed by atoms with Crippen LogP contribution in [0.3, 0.4) is 0 Å². The number of hydrogen-bond acceptors (Lipinski definition) is 5. The lowest BCUT2D eigenvalue weighted by molar-refractivity contribution is 0.596. The summed E-state index contributed by atoms with van der Waals surface area (Å²) in [7, 11) is -3.29. The molecule has 0 saturated heterocycles. The van der Waals surface area contributed by atoms with E-state index in [1.165, 1.54) is 6.07 Å². The van der Waals surface area contributed by atoms with Gasteiger partial charge in [-0.25, -0.2) is 8.42 Å². The Morgan fingerprint density at radius 2 is 1.71 bits per heavy atom. The zero-order valence-electron chi connectivity index (χ0n) is 9.16. The first-order chi connectivity index (χ1) is 8.05. The molecule has 2 rings (SSSR count). The van der Waals surface area contributed by atoms with Crippen LogP contribution in [0.4, 0.5) is 11.5 Å². The highest BCUT2D eigenvalue weighted by Gasteiger charge is 2.09. The molecule has 5 nitrogen and oxygen atoms in total. The van der Waals surface area contributed by atoms with Gasteiger partial charge in [0.2, 0.25) is 0 Å². The van der Waals surface area contributed by atoms with Crippen molar-refractivity contribution < 1.29 is 8.42 Å². The number of sulfone groups is 1. The van der Waals surface area contributed by atoms with Gasteiger partial charge < -0.3 is 5.32 Å². The first-order valence-corrected chi connectivity index (χ1v) is 6.81. The summed E-state index contributed by atoms with van der Waals surface area (Å²) >= 11 is 0. The molecule has 17 heavy (non-hydrogen) atoms. The zero-order chi connectivity index (χ0) is 12.3. The van der Waals surface area contributed by atoms with Crippen LogP contribution in [0.15, 0.2) is 47.5 Å². The lowest BCUT2D eigenvalue weighted by atomic mass is 10.3. The predicted molar refractivity (Wildman–Crippen MR) is 64.9 cm³/mol. The summed E-state index contributed by atoms with van der Waals surface area (Å²) in [5, 5.41) is 10.4. The zero-order valence-corrected chi connectivity index (χ0v) is 9.98. The second-order valence-electron chi connectivity index (χ2n) is 3.52. The Morgan fingerprint density at radius 3 is 2.24 bits per heavy atom. The predicted octanol–water partition coefficient (Wildman–Crippen LogP) is 1.62. The topological polar surface area (TPSA) is 72.0 Å². The molecule has 2 aromatic rings. The van der Waals surface area contributed by atoms with E-state index in [1.54, 1.807) is 6.07 Å². The van der Waals surface area contributed by atoms with Gasteiger partial charge in [-0.15, -0.1) is 10.2 Å². The quantitative estimate of drug-likeness (QED) is 0.895. The number of rotatable bonds is 3. The molecule has 0 aliphatic heterocycles. The fourth-order valence-electron chi connectivity index (χ4n) is 1.25. The van der Waals surface area contributed by atoms with E-state index in [9.17, 15) is 8.42 Å². The van der Waals surface area contributed by atoms with Crippen LogP contribution in [0.5, 0.6) is 0 Å². The van der Waals surface area contributed by atoms with E-state index in [2.05, 4.69) is 15.5 Å². The Kier molecular flexibility index (Phi) is 3.06. The van der Waals surface area contributed by atoms with Gasteiger partial charge in [0.05, 0.1) is 0 Å². The lowest BCUT2D eigenvalue weighted by Gasteiger charge is -2.04. The average Bonchev–Trinajstić information content (AvgIpc) is 2.30. The summed E-state index contributed by atoms with van der Waals surface area (Å²) in [6.45, 7) is 0. The minimum absolute atomic E-state index is 0.0314. The van der Waals surface area contributed by atoms with E-state index in [0.717, 1.165) is 11.9 Å². The third kappa shape index (κ3) is 3.01. The van der Waals surface area contributed by atoms with Crippen LogP contribution in [-0.4, -0.2) is 24.9 Å². The summed E-state index contributed by atoms with van der Waals surface area (Å²) < 4.78 is 22.4. The highest BCUT2D eigenvalue weighted by Crippen LogP contribution is 2.13. The van der Waals surface area contributed by atoms with Crippen molar-refractivity contribution in [3.8, 4) is 0 Å². The molecular formula is C11H11N3O2S. The SMILES string of the molecule is CS(=O)(=O)c1ccc(Nc2ccccc2)nn1. The summed E-state index contributed by atoms with van der Waals surface area (Å²) in [6.07, 6.45) is 1.10. The fraction of sp³-hybridized carbons (Fsp3) is 0.0909. The number of hydrogen-bond donors (Lipinski definition) is 1. The van der Waals surface area contributed by atoms with E-state index in [-0.39, 0.29) is 5.03 Å². The van der Waals surface area contributed by atoms with E-state index in [0.29, 0.717) is 5.82 Å². The first kappa shape index (κ1) is 11.5. The summed E-state index contributed by atoms with van der Waals surface area (Å²) in [5.41, 5.74) is 0.869. The number of aromatic nitrogens is 2. The highest BCUT2D eigenvalue weighted by molar-refractivity contribution is 7.90. The van der Waals surface area contributed by atoms with Gasteiger partial charge in [-0.05, 0) is 24.3 Å². The van der Waals surface area contributed by atoms with Crippen molar-refractivity contribution in [3.05, 3.63) is 42.5 Å². The van der Waals surface area contributed by atoms with Crippen LogP contribution >= 0.6 is 0 Å². The van der Waals surface area contributed by atoms with Gasteiger partial charge in [-0.2, -0.15) is 0 Å². The molecule has 1 aromatic heterocycles. The van der Waals surface area contributed by atoms with Crippen molar-refractivity contribution in [1.82, 2.24) is 10.2 Å². The molecule has 1 aromatic carbocycles. The lowest BCUT2D eigenvalue weighted by Crippen LogP contribution is -2.03. The van der Waals surface area contributed by atoms with Gasteiger partial charge in [0.15, 0.2) is 20.7 Å². The molecule has 0 aliphatic carbocycles. The minimum Gasteiger partial charge on any atom is -0.339 e. The van der Waals surface area contributed by atoms with Crippen molar-refractivity contribution in [2.75, 3.05) is 11.6 Å². The second kappa shape index (κ2) is 4.50. The number of anilines is 2. The molecule has 0 spiro atoms. The second-order valence-corrected chi connectivity index (χ2v) is 5.48. The molecule has 0 fully saturated rings. The van der Waals surface area contributed by atoms with E-state index in [1.807, 2.05) is 30.3 Å². The van der Waals surface area contributed by atoms with E-state index >= 15 is 0 Å². The van der Waals surface area contributed by atoms with Crippen LogP contribution in [0.25, 0.3) is 0 Å². The molecule has 6 heteroatoms. The van der Waals surface area contributed by atoms with Crippen LogP contribution < -0.4 is 5.32 Å². The summed E-state index contributed by atoms with van der Waals surface area (Å²) in [4.78, 5) is 0. The Morgan fingerprint density at radius 1 is 1.00 bits per heavy atom. The molecule has 0 aliphatic rings. The number of nitrogens with zero attached hydrogens (tertiary/aromatic N) is 2. The van der Waals surface area contributed by atoms with Crippen molar-refractivity contribution >= 4 is 21.3 Å². The normalized spacial score (nSPS) is 11.1. The molecular weight excluding hydrogens is 238 g/mol. The van der Waals surface area contributed by atoms with Gasteiger partial charge >= 0.3 is 0 Å². The van der Waals surface area contributed by atoms with Crippen molar-refractivity contribution in [2.45, 2.75) is 5.03 Å². The maximum absolute atomic E-state index is 11.2. The Bertz CT molecular complexity index is 594. The van der Waals surface area contributed by atoms with E-state index in [4.69, 9.17) is 0 Å². The maximum Gasteiger partial charge on any atom is 0.194 e. The Balaban J connectivity index is 2.20. The molecule has 0 bridgehead atoms. The minimum atomic E-state index is -3.29. The van der Waals surface area contributed by atoms with Gasteiger partial charge in [-0.1, -0.05) is 18.2 Å². The van der Waals surface area contributed by atoms with Crippen molar-refractivity contribution in [1.29, 1.82) is 0 Å². The number of para-hydroxylation sites is 1. The third-order valence-corrected chi connectivity index (χ3v) is 3.04. The van der Waals surface area contributed by atoms with Crippen LogP contribution in [0, 0.1) is 0 Å². The average molecular weight is 249 g/mol.